The van der Waals surface area contributed by atoms with E-state index in [1.165, 1.54) is 24.5 Å². The number of hydrogen-bond acceptors (Lipinski definition) is 5. The summed E-state index contributed by atoms with van der Waals surface area (Å²) in [6.07, 6.45) is 0.879. The standard InChI is InChI=1S/C13H23N3O3S/c1-4-7-16(8-9-17)13-10-11(5-6-12(13)14)20(18,19)15(2)3/h5-6,10,17H,4,7-9,14H2,1-3H3. The third-order valence-corrected chi connectivity index (χ3v) is 4.80. The Kier molecular flexibility index (Phi) is 5.79. The average molecular weight is 301 g/mol. The van der Waals surface area contributed by atoms with E-state index < -0.39 is 10.0 Å². The van der Waals surface area contributed by atoms with E-state index in [2.05, 4.69) is 0 Å². The van der Waals surface area contributed by atoms with Crippen LogP contribution in [-0.4, -0.2) is 51.6 Å². The molecule has 1 rings (SSSR count). The van der Waals surface area contributed by atoms with Gasteiger partial charge in [-0.1, -0.05) is 6.92 Å². The predicted octanol–water partition coefficient (Wildman–Crippen LogP) is 0.728. The number of anilines is 2. The van der Waals surface area contributed by atoms with Crippen LogP contribution in [0.1, 0.15) is 13.3 Å². The number of nitrogens with zero attached hydrogens (tertiary/aromatic N) is 2. The van der Waals surface area contributed by atoms with Crippen molar-refractivity contribution in [2.24, 2.45) is 0 Å². The molecule has 0 aliphatic heterocycles. The molecule has 3 N–H and O–H groups in total. The van der Waals surface area contributed by atoms with E-state index in [1.54, 1.807) is 12.1 Å². The zero-order chi connectivity index (χ0) is 15.3. The van der Waals surface area contributed by atoms with Crippen molar-refractivity contribution in [3.8, 4) is 0 Å². The normalized spacial score (nSPS) is 11.8. The Morgan fingerprint density at radius 2 is 1.90 bits per heavy atom. The van der Waals surface area contributed by atoms with Crippen molar-refractivity contribution in [3.63, 3.8) is 0 Å². The SMILES string of the molecule is CCCN(CCO)c1cc(S(=O)(=O)N(C)C)ccc1N. The first-order valence-corrected chi connectivity index (χ1v) is 7.96. The molecule has 20 heavy (non-hydrogen) atoms. The van der Waals surface area contributed by atoms with Crippen LogP contribution in [0.15, 0.2) is 23.1 Å². The van der Waals surface area contributed by atoms with Gasteiger partial charge in [0.1, 0.15) is 0 Å². The molecular weight excluding hydrogens is 278 g/mol. The molecule has 0 aromatic heterocycles. The second kappa shape index (κ2) is 6.92. The van der Waals surface area contributed by atoms with Gasteiger partial charge in [0.2, 0.25) is 10.0 Å². The summed E-state index contributed by atoms with van der Waals surface area (Å²) >= 11 is 0. The van der Waals surface area contributed by atoms with Crippen LogP contribution in [0.2, 0.25) is 0 Å². The Hall–Kier alpha value is -1.31. The highest BCUT2D eigenvalue weighted by molar-refractivity contribution is 7.89. The van der Waals surface area contributed by atoms with Gasteiger partial charge < -0.3 is 15.7 Å². The topological polar surface area (TPSA) is 86.9 Å². The Labute approximate surface area is 120 Å². The molecule has 6 nitrogen and oxygen atoms in total. The summed E-state index contributed by atoms with van der Waals surface area (Å²) in [5.74, 6) is 0. The molecule has 0 bridgehead atoms. The van der Waals surface area contributed by atoms with Crippen LogP contribution >= 0.6 is 0 Å². The lowest BCUT2D eigenvalue weighted by Gasteiger charge is -2.25. The second-order valence-corrected chi connectivity index (χ2v) is 6.87. The monoisotopic (exact) mass is 301 g/mol. The Morgan fingerprint density at radius 3 is 2.40 bits per heavy atom. The number of hydrogen-bond donors (Lipinski definition) is 2. The largest absolute Gasteiger partial charge is 0.397 e. The first kappa shape index (κ1) is 16.7. The molecule has 1 aromatic carbocycles. The zero-order valence-electron chi connectivity index (χ0n) is 12.2. The van der Waals surface area contributed by atoms with Gasteiger partial charge in [-0.25, -0.2) is 12.7 Å². The molecule has 0 aliphatic carbocycles. The molecule has 0 atom stereocenters. The third kappa shape index (κ3) is 3.62. The number of rotatable bonds is 7. The van der Waals surface area contributed by atoms with E-state index in [0.29, 0.717) is 24.5 Å². The van der Waals surface area contributed by atoms with Gasteiger partial charge in [0.15, 0.2) is 0 Å². The summed E-state index contributed by atoms with van der Waals surface area (Å²) in [5, 5.41) is 9.12. The van der Waals surface area contributed by atoms with Gasteiger partial charge in [0, 0.05) is 27.2 Å². The third-order valence-electron chi connectivity index (χ3n) is 2.98. The van der Waals surface area contributed by atoms with Gasteiger partial charge in [-0.15, -0.1) is 0 Å². The Morgan fingerprint density at radius 1 is 1.25 bits per heavy atom. The van der Waals surface area contributed by atoms with E-state index in [9.17, 15) is 8.42 Å². The van der Waals surface area contributed by atoms with Gasteiger partial charge in [0.05, 0.1) is 22.9 Å². The van der Waals surface area contributed by atoms with E-state index in [4.69, 9.17) is 10.8 Å². The van der Waals surface area contributed by atoms with E-state index in [0.717, 1.165) is 6.42 Å². The summed E-state index contributed by atoms with van der Waals surface area (Å²) in [6.45, 7) is 3.13. The van der Waals surface area contributed by atoms with Crippen molar-refractivity contribution in [3.05, 3.63) is 18.2 Å². The maximum absolute atomic E-state index is 12.2. The zero-order valence-corrected chi connectivity index (χ0v) is 13.0. The lowest BCUT2D eigenvalue weighted by atomic mass is 10.2. The first-order chi connectivity index (χ1) is 9.34. The van der Waals surface area contributed by atoms with Crippen molar-refractivity contribution in [1.82, 2.24) is 4.31 Å². The van der Waals surface area contributed by atoms with Crippen molar-refractivity contribution >= 4 is 21.4 Å². The van der Waals surface area contributed by atoms with Gasteiger partial charge >= 0.3 is 0 Å². The fourth-order valence-corrected chi connectivity index (χ4v) is 2.83. The minimum Gasteiger partial charge on any atom is -0.397 e. The van der Waals surface area contributed by atoms with Crippen LogP contribution in [-0.2, 0) is 10.0 Å². The molecule has 0 aliphatic rings. The maximum atomic E-state index is 12.2. The van der Waals surface area contributed by atoms with Crippen LogP contribution < -0.4 is 10.6 Å². The molecule has 0 amide bonds. The number of nitrogens with two attached hydrogens (primary N) is 1. The number of benzene rings is 1. The van der Waals surface area contributed by atoms with E-state index in [1.807, 2.05) is 11.8 Å². The van der Waals surface area contributed by atoms with Gasteiger partial charge in [-0.2, -0.15) is 0 Å². The highest BCUT2D eigenvalue weighted by Gasteiger charge is 2.19. The molecule has 0 spiro atoms. The quantitative estimate of drug-likeness (QED) is 0.725. The molecule has 7 heteroatoms. The molecule has 0 saturated heterocycles. The molecular formula is C13H23N3O3S. The van der Waals surface area contributed by atoms with Crippen LogP contribution in [0.5, 0.6) is 0 Å². The van der Waals surface area contributed by atoms with Gasteiger partial charge in [-0.05, 0) is 24.6 Å². The van der Waals surface area contributed by atoms with Gasteiger partial charge in [-0.3, -0.25) is 0 Å². The summed E-state index contributed by atoms with van der Waals surface area (Å²) < 4.78 is 25.5. The molecule has 1 aromatic rings. The second-order valence-electron chi connectivity index (χ2n) is 4.72. The lowest BCUT2D eigenvalue weighted by molar-refractivity contribution is 0.302. The number of nitrogen functional groups attached to an aromatic ring is 1. The maximum Gasteiger partial charge on any atom is 0.242 e. The lowest BCUT2D eigenvalue weighted by Crippen LogP contribution is -2.29. The number of aliphatic hydroxyl groups is 1. The molecule has 0 unspecified atom stereocenters. The molecule has 0 saturated carbocycles. The average Bonchev–Trinajstić information content (AvgIpc) is 2.38. The molecule has 114 valence electrons. The minimum atomic E-state index is -3.49. The Bertz CT molecular complexity index is 538. The minimum absolute atomic E-state index is 0.00982. The molecule has 0 heterocycles. The first-order valence-electron chi connectivity index (χ1n) is 6.52. The van der Waals surface area contributed by atoms with E-state index >= 15 is 0 Å². The van der Waals surface area contributed by atoms with Gasteiger partial charge in [0.25, 0.3) is 0 Å². The van der Waals surface area contributed by atoms with Crippen molar-refractivity contribution < 1.29 is 13.5 Å². The summed E-state index contributed by atoms with van der Waals surface area (Å²) in [7, 11) is -0.513. The van der Waals surface area contributed by atoms with Crippen molar-refractivity contribution in [2.75, 3.05) is 44.4 Å². The number of sulfonamides is 1. The van der Waals surface area contributed by atoms with Crippen molar-refractivity contribution in [1.29, 1.82) is 0 Å². The van der Waals surface area contributed by atoms with Crippen molar-refractivity contribution in [2.45, 2.75) is 18.2 Å². The number of aliphatic hydroxyl groups excluding tert-OH is 1. The summed E-state index contributed by atoms with van der Waals surface area (Å²) in [6, 6.07) is 4.65. The predicted molar refractivity (Wildman–Crippen MR) is 81.3 cm³/mol. The summed E-state index contributed by atoms with van der Waals surface area (Å²) in [5.41, 5.74) is 7.09. The summed E-state index contributed by atoms with van der Waals surface area (Å²) in [4.78, 5) is 2.09. The fourth-order valence-electron chi connectivity index (χ4n) is 1.91. The smallest absolute Gasteiger partial charge is 0.242 e. The Balaban J connectivity index is 3.27. The van der Waals surface area contributed by atoms with Crippen LogP contribution in [0.4, 0.5) is 11.4 Å². The van der Waals surface area contributed by atoms with E-state index in [-0.39, 0.29) is 11.5 Å². The fraction of sp³-hybridized carbons (Fsp3) is 0.538. The molecule has 0 radical (unpaired) electrons. The highest BCUT2D eigenvalue weighted by atomic mass is 32.2. The van der Waals surface area contributed by atoms with Crippen LogP contribution in [0.25, 0.3) is 0 Å². The van der Waals surface area contributed by atoms with Crippen LogP contribution in [0.3, 0.4) is 0 Å². The van der Waals surface area contributed by atoms with Crippen LogP contribution in [0, 0.1) is 0 Å². The molecule has 0 fully saturated rings. The highest BCUT2D eigenvalue weighted by Crippen LogP contribution is 2.27.